The molecule has 0 fully saturated rings. The molecule has 0 aromatic rings. The van der Waals surface area contributed by atoms with Gasteiger partial charge in [0.2, 0.25) is 5.91 Å². The highest BCUT2D eigenvalue weighted by molar-refractivity contribution is 8.76. The molecule has 0 aromatic carbocycles. The van der Waals surface area contributed by atoms with Gasteiger partial charge in [0.15, 0.2) is 0 Å². The van der Waals surface area contributed by atoms with E-state index in [2.05, 4.69) is 36.3 Å². The van der Waals surface area contributed by atoms with Gasteiger partial charge >= 0.3 is 0 Å². The lowest BCUT2D eigenvalue weighted by Crippen LogP contribution is -2.28. The maximum Gasteiger partial charge on any atom is 0.279 e. The van der Waals surface area contributed by atoms with E-state index in [4.69, 9.17) is 9.47 Å². The number of hydrogen-bond donors (Lipinski definition) is 2. The number of rotatable bonds is 12. The molecule has 0 aliphatic rings. The molecule has 2 amide bonds. The van der Waals surface area contributed by atoms with Crippen LogP contribution in [-0.4, -0.2) is 55.1 Å². The van der Waals surface area contributed by atoms with Crippen LogP contribution in [-0.2, 0) is 14.3 Å². The summed E-state index contributed by atoms with van der Waals surface area (Å²) in [6.45, 7) is 7.23. The van der Waals surface area contributed by atoms with Crippen LogP contribution in [0.2, 0.25) is 0 Å². The molecule has 0 bridgehead atoms. The van der Waals surface area contributed by atoms with Crippen molar-refractivity contribution in [1.82, 2.24) is 10.6 Å². The van der Waals surface area contributed by atoms with Crippen LogP contribution in [0, 0.1) is 17.8 Å². The smallest absolute Gasteiger partial charge is 0.279 e. The Morgan fingerprint density at radius 1 is 1.16 bits per heavy atom. The molecule has 1 unspecified atom stereocenters. The zero-order chi connectivity index (χ0) is 18.9. The number of carbonyl (C=O) groups excluding carboxylic acids is 2. The molecule has 9 heteroatoms. The quantitative estimate of drug-likeness (QED) is 0.222. The van der Waals surface area contributed by atoms with E-state index in [0.29, 0.717) is 31.6 Å². The number of amides is 2. The molecule has 0 aromatic heterocycles. The molecule has 0 saturated carbocycles. The Bertz CT molecular complexity index is 439. The first kappa shape index (κ1) is 24.5. The molecule has 0 saturated heterocycles. The van der Waals surface area contributed by atoms with Crippen LogP contribution in [0.5, 0.6) is 0 Å². The monoisotopic (exact) mass is 408 g/mol. The molecule has 144 valence electrons. The first-order valence-electron chi connectivity index (χ1n) is 8.03. The predicted octanol–water partition coefficient (Wildman–Crippen LogP) is 2.94. The van der Waals surface area contributed by atoms with Gasteiger partial charge in [-0.1, -0.05) is 60.0 Å². The summed E-state index contributed by atoms with van der Waals surface area (Å²) in [6, 6.07) is 0. The van der Waals surface area contributed by atoms with Gasteiger partial charge in [0.05, 0.1) is 25.6 Å². The zero-order valence-corrected chi connectivity index (χ0v) is 17.7. The van der Waals surface area contributed by atoms with Gasteiger partial charge in [0.25, 0.3) is 5.24 Å². The van der Waals surface area contributed by atoms with E-state index in [9.17, 15) is 9.59 Å². The SMILES string of the molecule is CCC#CCNC(=O)COCCOC(SSCNC(=O)SC)C(C)C. The van der Waals surface area contributed by atoms with Gasteiger partial charge in [-0.15, -0.1) is 5.92 Å². The number of carbonyl (C=O) groups is 2. The topological polar surface area (TPSA) is 76.7 Å². The summed E-state index contributed by atoms with van der Waals surface area (Å²) in [5.41, 5.74) is -0.00192. The van der Waals surface area contributed by atoms with Crippen LogP contribution < -0.4 is 10.6 Å². The Morgan fingerprint density at radius 3 is 2.56 bits per heavy atom. The highest BCUT2D eigenvalue weighted by Gasteiger charge is 2.15. The van der Waals surface area contributed by atoms with Crippen LogP contribution in [0.4, 0.5) is 4.79 Å². The molecular weight excluding hydrogens is 380 g/mol. The van der Waals surface area contributed by atoms with E-state index < -0.39 is 0 Å². The van der Waals surface area contributed by atoms with Crippen molar-refractivity contribution in [2.75, 3.05) is 38.5 Å². The summed E-state index contributed by atoms with van der Waals surface area (Å²) >= 11 is 1.16. The van der Waals surface area contributed by atoms with E-state index in [0.717, 1.165) is 18.2 Å². The Morgan fingerprint density at radius 2 is 1.92 bits per heavy atom. The lowest BCUT2D eigenvalue weighted by atomic mass is 10.2. The fraction of sp³-hybridized carbons (Fsp3) is 0.750. The fourth-order valence-electron chi connectivity index (χ4n) is 1.36. The zero-order valence-electron chi connectivity index (χ0n) is 15.3. The first-order chi connectivity index (χ1) is 12.0. The number of thioether (sulfide) groups is 1. The summed E-state index contributed by atoms with van der Waals surface area (Å²) in [7, 11) is 3.13. The molecule has 1 atom stereocenters. The van der Waals surface area contributed by atoms with Gasteiger partial charge in [-0.3, -0.25) is 9.59 Å². The van der Waals surface area contributed by atoms with Gasteiger partial charge in [0.1, 0.15) is 12.0 Å². The largest absolute Gasteiger partial charge is 0.369 e. The third-order valence-electron chi connectivity index (χ3n) is 2.59. The van der Waals surface area contributed by atoms with Crippen molar-refractivity contribution >= 4 is 44.5 Å². The molecular formula is C16H28N2O4S3. The summed E-state index contributed by atoms with van der Waals surface area (Å²) in [5.74, 6) is 6.40. The number of nitrogens with one attached hydrogen (secondary N) is 2. The second-order valence-electron chi connectivity index (χ2n) is 5.05. The maximum atomic E-state index is 11.5. The van der Waals surface area contributed by atoms with Gasteiger partial charge < -0.3 is 20.1 Å². The molecule has 0 aliphatic carbocycles. The minimum absolute atomic E-state index is 0.00192. The van der Waals surface area contributed by atoms with Gasteiger partial charge in [-0.25, -0.2) is 0 Å². The first-order valence-corrected chi connectivity index (χ1v) is 11.6. The lowest BCUT2D eigenvalue weighted by molar-refractivity contribution is -0.126. The molecule has 6 nitrogen and oxygen atoms in total. The van der Waals surface area contributed by atoms with Crippen LogP contribution in [0.3, 0.4) is 0 Å². The van der Waals surface area contributed by atoms with Crippen LogP contribution in [0.1, 0.15) is 27.2 Å². The van der Waals surface area contributed by atoms with Crippen molar-refractivity contribution < 1.29 is 19.1 Å². The third-order valence-corrected chi connectivity index (χ3v) is 5.70. The highest BCUT2D eigenvalue weighted by atomic mass is 33.1. The molecule has 0 rings (SSSR count). The number of ether oxygens (including phenoxy) is 2. The van der Waals surface area contributed by atoms with Crippen LogP contribution >= 0.6 is 33.3 Å². The second-order valence-corrected chi connectivity index (χ2v) is 8.29. The second kappa shape index (κ2) is 16.9. The van der Waals surface area contributed by atoms with Gasteiger partial charge in [0, 0.05) is 6.42 Å². The summed E-state index contributed by atoms with van der Waals surface area (Å²) in [5, 5.41) is 5.39. The predicted molar refractivity (Wildman–Crippen MR) is 109 cm³/mol. The molecule has 0 aliphatic heterocycles. The highest BCUT2D eigenvalue weighted by Crippen LogP contribution is 2.31. The van der Waals surface area contributed by atoms with Crippen molar-refractivity contribution in [2.24, 2.45) is 5.92 Å². The summed E-state index contributed by atoms with van der Waals surface area (Å²) < 4.78 is 11.1. The van der Waals surface area contributed by atoms with E-state index in [1.54, 1.807) is 27.8 Å². The van der Waals surface area contributed by atoms with Crippen molar-refractivity contribution in [3.63, 3.8) is 0 Å². The Labute approximate surface area is 163 Å². The molecule has 0 spiro atoms. The lowest BCUT2D eigenvalue weighted by Gasteiger charge is -2.20. The van der Waals surface area contributed by atoms with Crippen molar-refractivity contribution in [3.8, 4) is 11.8 Å². The fourth-order valence-corrected chi connectivity index (χ4v) is 4.05. The molecule has 25 heavy (non-hydrogen) atoms. The Kier molecular flexibility index (Phi) is 16.6. The summed E-state index contributed by atoms with van der Waals surface area (Å²) in [6.07, 6.45) is 2.52. The van der Waals surface area contributed by atoms with Crippen LogP contribution in [0.15, 0.2) is 0 Å². The van der Waals surface area contributed by atoms with E-state index in [1.165, 1.54) is 0 Å². The average molecular weight is 409 g/mol. The maximum absolute atomic E-state index is 11.5. The van der Waals surface area contributed by atoms with Crippen molar-refractivity contribution in [3.05, 3.63) is 0 Å². The summed E-state index contributed by atoms with van der Waals surface area (Å²) in [4.78, 5) is 22.6. The normalized spacial score (nSPS) is 11.6. The van der Waals surface area contributed by atoms with Crippen molar-refractivity contribution in [2.45, 2.75) is 32.6 Å². The average Bonchev–Trinajstić information content (AvgIpc) is 2.59. The standard InChI is InChI=1S/C16H28N2O4S3/c1-5-6-7-8-17-14(19)11-21-9-10-22-15(13(2)3)25-24-12-18-16(20)23-4/h13,15H,5,8-12H2,1-4H3,(H,17,19)(H,18,20). The van der Waals surface area contributed by atoms with E-state index in [-0.39, 0.29) is 23.2 Å². The molecule has 0 heterocycles. The van der Waals surface area contributed by atoms with Crippen LogP contribution in [0.25, 0.3) is 0 Å². The van der Waals surface area contributed by atoms with Crippen molar-refractivity contribution in [1.29, 1.82) is 0 Å². The minimum Gasteiger partial charge on any atom is -0.369 e. The molecule has 2 N–H and O–H groups in total. The van der Waals surface area contributed by atoms with E-state index in [1.807, 2.05) is 6.92 Å². The Hall–Kier alpha value is -0.530. The minimum atomic E-state index is -0.180. The van der Waals surface area contributed by atoms with E-state index >= 15 is 0 Å². The molecule has 0 radical (unpaired) electrons. The van der Waals surface area contributed by atoms with Gasteiger partial charge in [-0.05, 0) is 12.2 Å². The van der Waals surface area contributed by atoms with Gasteiger partial charge in [-0.2, -0.15) is 0 Å². The number of hydrogen-bond acceptors (Lipinski definition) is 7. The Balaban J connectivity index is 3.75. The third kappa shape index (κ3) is 15.4.